The minimum Gasteiger partial charge on any atom is -0.331 e. The molecule has 4 nitrogen and oxygen atoms in total. The molecular formula is C11H16N4. The average Bonchev–Trinajstić information content (AvgIpc) is 2.91. The highest BCUT2D eigenvalue weighted by molar-refractivity contribution is 5.53. The third-order valence-electron chi connectivity index (χ3n) is 3.18. The summed E-state index contributed by atoms with van der Waals surface area (Å²) in [6, 6.07) is 0. The van der Waals surface area contributed by atoms with Crippen LogP contribution in [0.5, 0.6) is 0 Å². The molecule has 0 spiro atoms. The van der Waals surface area contributed by atoms with Crippen molar-refractivity contribution in [1.29, 1.82) is 0 Å². The third kappa shape index (κ3) is 1.21. The lowest BCUT2D eigenvalue weighted by Crippen LogP contribution is -2.02. The molecule has 15 heavy (non-hydrogen) atoms. The van der Waals surface area contributed by atoms with E-state index in [0.717, 1.165) is 6.54 Å². The average molecular weight is 204 g/mol. The Kier molecular flexibility index (Phi) is 1.85. The second-order valence-electron chi connectivity index (χ2n) is 4.19. The van der Waals surface area contributed by atoms with Gasteiger partial charge in [0.15, 0.2) is 0 Å². The van der Waals surface area contributed by atoms with Crippen molar-refractivity contribution >= 4 is 5.65 Å². The van der Waals surface area contributed by atoms with Gasteiger partial charge in [0.2, 0.25) is 0 Å². The van der Waals surface area contributed by atoms with E-state index in [1.807, 2.05) is 10.7 Å². The zero-order valence-electron chi connectivity index (χ0n) is 8.98. The Morgan fingerprint density at radius 3 is 2.87 bits per heavy atom. The Hall–Kier alpha value is -1.29. The van der Waals surface area contributed by atoms with Crippen LogP contribution in [0, 0.1) is 0 Å². The Bertz CT molecular complexity index is 490. The van der Waals surface area contributed by atoms with Gasteiger partial charge in [-0.2, -0.15) is 5.10 Å². The minimum atomic E-state index is 0.597. The van der Waals surface area contributed by atoms with Crippen molar-refractivity contribution in [2.75, 3.05) is 0 Å². The van der Waals surface area contributed by atoms with E-state index in [2.05, 4.69) is 22.8 Å². The predicted octanol–water partition coefficient (Wildman–Crippen LogP) is 1.49. The fraction of sp³-hybridized carbons (Fsp3) is 0.545. The number of aromatic nitrogens is 3. The maximum absolute atomic E-state index is 5.84. The first kappa shape index (κ1) is 8.97. The van der Waals surface area contributed by atoms with E-state index in [0.29, 0.717) is 12.5 Å². The second-order valence-corrected chi connectivity index (χ2v) is 4.19. The number of hydrogen-bond acceptors (Lipinski definition) is 2. The summed E-state index contributed by atoms with van der Waals surface area (Å²) in [7, 11) is 0. The van der Waals surface area contributed by atoms with Gasteiger partial charge in [0.25, 0.3) is 0 Å². The third-order valence-corrected chi connectivity index (χ3v) is 3.18. The van der Waals surface area contributed by atoms with Crippen LogP contribution in [0.15, 0.2) is 12.4 Å². The van der Waals surface area contributed by atoms with Gasteiger partial charge in [-0.15, -0.1) is 0 Å². The van der Waals surface area contributed by atoms with E-state index in [1.165, 1.54) is 29.7 Å². The number of imidazole rings is 1. The molecule has 1 fully saturated rings. The van der Waals surface area contributed by atoms with Crippen molar-refractivity contribution in [1.82, 2.24) is 14.2 Å². The summed E-state index contributed by atoms with van der Waals surface area (Å²) >= 11 is 0. The van der Waals surface area contributed by atoms with Crippen LogP contribution in [0.4, 0.5) is 0 Å². The molecule has 1 aliphatic carbocycles. The molecule has 1 saturated carbocycles. The van der Waals surface area contributed by atoms with E-state index < -0.39 is 0 Å². The first-order valence-electron chi connectivity index (χ1n) is 5.61. The van der Waals surface area contributed by atoms with Gasteiger partial charge in [-0.1, -0.05) is 0 Å². The molecule has 0 bridgehead atoms. The van der Waals surface area contributed by atoms with Crippen molar-refractivity contribution < 1.29 is 0 Å². The second kappa shape index (κ2) is 3.10. The zero-order valence-corrected chi connectivity index (χ0v) is 8.98. The van der Waals surface area contributed by atoms with Gasteiger partial charge in [0, 0.05) is 37.0 Å². The molecule has 1 aliphatic rings. The molecule has 3 rings (SSSR count). The Morgan fingerprint density at radius 2 is 2.27 bits per heavy atom. The van der Waals surface area contributed by atoms with E-state index in [9.17, 15) is 0 Å². The summed E-state index contributed by atoms with van der Waals surface area (Å²) in [5.74, 6) is 0.675. The van der Waals surface area contributed by atoms with Gasteiger partial charge in [0.1, 0.15) is 5.65 Å². The molecule has 0 aliphatic heterocycles. The highest BCUT2D eigenvalue weighted by Crippen LogP contribution is 2.41. The quantitative estimate of drug-likeness (QED) is 0.823. The maximum atomic E-state index is 5.84. The summed E-state index contributed by atoms with van der Waals surface area (Å²) in [6.45, 7) is 3.71. The Labute approximate surface area is 88.7 Å². The fourth-order valence-electron chi connectivity index (χ4n) is 2.24. The summed E-state index contributed by atoms with van der Waals surface area (Å²) in [5.41, 5.74) is 9.50. The van der Waals surface area contributed by atoms with Crippen LogP contribution in [-0.4, -0.2) is 14.2 Å². The molecule has 2 heterocycles. The largest absolute Gasteiger partial charge is 0.331 e. The lowest BCUT2D eigenvalue weighted by Gasteiger charge is -2.01. The lowest BCUT2D eigenvalue weighted by atomic mass is 10.2. The van der Waals surface area contributed by atoms with Gasteiger partial charge >= 0.3 is 0 Å². The molecule has 2 N–H and O–H groups in total. The van der Waals surface area contributed by atoms with Gasteiger partial charge < -0.3 is 10.3 Å². The minimum absolute atomic E-state index is 0.597. The summed E-state index contributed by atoms with van der Waals surface area (Å²) in [6.07, 6.45) is 6.64. The molecule has 2 aromatic heterocycles. The molecule has 0 atom stereocenters. The Morgan fingerprint density at radius 1 is 1.47 bits per heavy atom. The zero-order chi connectivity index (χ0) is 10.4. The van der Waals surface area contributed by atoms with E-state index in [-0.39, 0.29) is 0 Å². The molecule has 0 amide bonds. The first-order valence-corrected chi connectivity index (χ1v) is 5.61. The van der Waals surface area contributed by atoms with Crippen LogP contribution >= 0.6 is 0 Å². The highest BCUT2D eigenvalue weighted by Gasteiger charge is 2.30. The summed E-state index contributed by atoms with van der Waals surface area (Å²) in [5, 5.41) is 4.63. The topological polar surface area (TPSA) is 48.2 Å². The van der Waals surface area contributed by atoms with Crippen molar-refractivity contribution in [3.05, 3.63) is 23.7 Å². The van der Waals surface area contributed by atoms with Crippen molar-refractivity contribution in [2.24, 2.45) is 5.73 Å². The first-order chi connectivity index (χ1) is 7.35. The smallest absolute Gasteiger partial charge is 0.140 e. The highest BCUT2D eigenvalue weighted by atomic mass is 15.3. The monoisotopic (exact) mass is 204 g/mol. The van der Waals surface area contributed by atoms with Crippen LogP contribution in [0.25, 0.3) is 5.65 Å². The number of nitrogens with zero attached hydrogens (tertiary/aromatic N) is 3. The molecule has 2 aromatic rings. The number of aryl methyl sites for hydroxylation is 1. The van der Waals surface area contributed by atoms with Gasteiger partial charge in [-0.25, -0.2) is 4.52 Å². The van der Waals surface area contributed by atoms with Crippen molar-refractivity contribution in [3.8, 4) is 0 Å². The maximum Gasteiger partial charge on any atom is 0.140 e. The lowest BCUT2D eigenvalue weighted by molar-refractivity contribution is 0.784. The predicted molar refractivity (Wildman–Crippen MR) is 58.7 cm³/mol. The van der Waals surface area contributed by atoms with Crippen LogP contribution in [0.1, 0.15) is 36.9 Å². The van der Waals surface area contributed by atoms with Crippen LogP contribution in [0.2, 0.25) is 0 Å². The van der Waals surface area contributed by atoms with Crippen LogP contribution in [-0.2, 0) is 13.1 Å². The number of hydrogen-bond donors (Lipinski definition) is 1. The van der Waals surface area contributed by atoms with Crippen LogP contribution < -0.4 is 5.73 Å². The molecule has 0 saturated heterocycles. The van der Waals surface area contributed by atoms with Crippen LogP contribution in [0.3, 0.4) is 0 Å². The van der Waals surface area contributed by atoms with Gasteiger partial charge in [0.05, 0.1) is 5.69 Å². The molecule has 80 valence electrons. The van der Waals surface area contributed by atoms with E-state index in [4.69, 9.17) is 5.73 Å². The molecule has 0 radical (unpaired) electrons. The van der Waals surface area contributed by atoms with Crippen molar-refractivity contribution in [2.45, 2.75) is 38.8 Å². The Balaban J connectivity index is 2.24. The summed E-state index contributed by atoms with van der Waals surface area (Å²) < 4.78 is 4.18. The number of nitrogens with two attached hydrogens (primary N) is 1. The van der Waals surface area contributed by atoms with Crippen molar-refractivity contribution in [3.63, 3.8) is 0 Å². The summed E-state index contributed by atoms with van der Waals surface area (Å²) in [4.78, 5) is 0. The van der Waals surface area contributed by atoms with Gasteiger partial charge in [-0.05, 0) is 19.8 Å². The normalized spacial score (nSPS) is 16.4. The standard InChI is InChI=1S/C11H16N4/c1-2-14-5-6-15-11(14)9(7-12)10(13-15)8-3-4-8/h5-6,8H,2-4,7,12H2,1H3. The molecule has 0 unspecified atom stereocenters. The number of fused-ring (bicyclic) bond motifs is 1. The molecule has 4 heteroatoms. The van der Waals surface area contributed by atoms with E-state index in [1.54, 1.807) is 0 Å². The molecule has 0 aromatic carbocycles. The SMILES string of the molecule is CCn1ccn2nc(C3CC3)c(CN)c12. The fourth-order valence-corrected chi connectivity index (χ4v) is 2.24. The number of rotatable bonds is 3. The molecular weight excluding hydrogens is 188 g/mol. The van der Waals surface area contributed by atoms with E-state index >= 15 is 0 Å². The van der Waals surface area contributed by atoms with Gasteiger partial charge in [-0.3, -0.25) is 0 Å².